The number of nitrogens with one attached hydrogen (secondary N) is 2. The summed E-state index contributed by atoms with van der Waals surface area (Å²) in [6.45, 7) is 7.09. The van der Waals surface area contributed by atoms with E-state index in [4.69, 9.17) is 31.2 Å². The molecule has 7 aromatic rings. The summed E-state index contributed by atoms with van der Waals surface area (Å²) in [5.41, 5.74) is 12.2. The van der Waals surface area contributed by atoms with Crippen molar-refractivity contribution in [1.29, 1.82) is 0 Å². The molecule has 0 radical (unpaired) electrons. The number of aryl methyl sites for hydroxylation is 3. The number of ketones is 2. The third kappa shape index (κ3) is 9.57. The molecule has 15 heteroatoms. The number of aromatic nitrogens is 8. The van der Waals surface area contributed by atoms with Crippen LogP contribution in [0.25, 0.3) is 45.2 Å². The van der Waals surface area contributed by atoms with Crippen LogP contribution in [0.15, 0.2) is 73.2 Å². The molecule has 65 heavy (non-hydrogen) atoms. The first-order chi connectivity index (χ1) is 31.6. The van der Waals surface area contributed by atoms with E-state index in [-0.39, 0.29) is 23.8 Å². The van der Waals surface area contributed by atoms with E-state index in [2.05, 4.69) is 31.9 Å². The van der Waals surface area contributed by atoms with Crippen molar-refractivity contribution in [2.45, 2.75) is 90.3 Å². The fraction of sp³-hybridized carbons (Fsp3) is 0.420. The van der Waals surface area contributed by atoms with Gasteiger partial charge in [-0.1, -0.05) is 35.9 Å². The molecule has 2 aromatic carbocycles. The first kappa shape index (κ1) is 43.0. The van der Waals surface area contributed by atoms with Crippen LogP contribution in [0.2, 0.25) is 5.15 Å². The molecule has 2 atom stereocenters. The number of carbonyl (C=O) groups is 2. The van der Waals surface area contributed by atoms with Gasteiger partial charge >= 0.3 is 0 Å². The summed E-state index contributed by atoms with van der Waals surface area (Å²) in [4.78, 5) is 34.5. The lowest BCUT2D eigenvalue weighted by Crippen LogP contribution is -2.19. The van der Waals surface area contributed by atoms with Crippen LogP contribution in [-0.2, 0) is 16.5 Å². The van der Waals surface area contributed by atoms with Gasteiger partial charge in [0.1, 0.15) is 5.69 Å². The van der Waals surface area contributed by atoms with E-state index >= 15 is 0 Å². The van der Waals surface area contributed by atoms with Crippen molar-refractivity contribution >= 4 is 45.8 Å². The van der Waals surface area contributed by atoms with Crippen LogP contribution >= 0.6 is 11.6 Å². The number of benzene rings is 2. The van der Waals surface area contributed by atoms with Crippen molar-refractivity contribution in [2.24, 2.45) is 18.9 Å². The Morgan fingerprint density at radius 2 is 1.20 bits per heavy atom. The number of halogens is 1. The Labute approximate surface area is 383 Å². The first-order valence-electron chi connectivity index (χ1n) is 23.1. The average molecular weight is 896 g/mol. The normalized spacial score (nSPS) is 18.3. The second-order valence-electron chi connectivity index (χ2n) is 18.2. The summed E-state index contributed by atoms with van der Waals surface area (Å²) >= 11 is 6.31. The fourth-order valence-electron chi connectivity index (χ4n) is 9.03. The summed E-state index contributed by atoms with van der Waals surface area (Å²) < 4.78 is 17.0. The number of rotatable bonds is 15. The minimum absolute atomic E-state index is 0.209. The highest BCUT2D eigenvalue weighted by atomic mass is 35.5. The van der Waals surface area contributed by atoms with Gasteiger partial charge in [0.2, 0.25) is 0 Å². The van der Waals surface area contributed by atoms with Gasteiger partial charge in [-0.05, 0) is 112 Å². The van der Waals surface area contributed by atoms with Gasteiger partial charge in [-0.25, -0.2) is 19.0 Å². The SMILES string of the molecule is Cc1cc(-c2cnc3c(NC[C@H]4CCCO4)cc(-c4ccnn4C)nn23)ccc1C(=O)CC1CC1.Cc1cc(-c2cnc3c(NC[C@H]4CCCO4)cc(Cl)nn23)ccc1C(=O)CC1CC1. The van der Waals surface area contributed by atoms with Crippen LogP contribution in [-0.4, -0.2) is 89.1 Å². The lowest BCUT2D eigenvalue weighted by molar-refractivity contribution is 0.0967. The highest BCUT2D eigenvalue weighted by Gasteiger charge is 2.27. The van der Waals surface area contributed by atoms with E-state index in [9.17, 15) is 9.59 Å². The number of hydrogen-bond acceptors (Lipinski definition) is 11. The second-order valence-corrected chi connectivity index (χ2v) is 18.5. The van der Waals surface area contributed by atoms with Crippen LogP contribution in [0.5, 0.6) is 0 Å². The maximum absolute atomic E-state index is 12.7. The topological polar surface area (TPSA) is 155 Å². The van der Waals surface area contributed by atoms with Crippen LogP contribution in [0.4, 0.5) is 11.4 Å². The van der Waals surface area contributed by atoms with Gasteiger partial charge in [0.25, 0.3) is 0 Å². The van der Waals surface area contributed by atoms with Crippen LogP contribution in [0.3, 0.4) is 0 Å². The number of Topliss-reactive ketones (excluding diaryl/α,β-unsaturated/α-hetero) is 2. The summed E-state index contributed by atoms with van der Waals surface area (Å²) in [5.74, 6) is 1.64. The van der Waals surface area contributed by atoms with E-state index in [1.165, 1.54) is 25.7 Å². The molecule has 5 aromatic heterocycles. The molecule has 14 nitrogen and oxygen atoms in total. The smallest absolute Gasteiger partial charge is 0.177 e. The van der Waals surface area contributed by atoms with Gasteiger partial charge in [0, 0.05) is 80.7 Å². The van der Waals surface area contributed by atoms with Gasteiger partial charge < -0.3 is 20.1 Å². The van der Waals surface area contributed by atoms with E-state index in [0.717, 1.165) is 131 Å². The summed E-state index contributed by atoms with van der Waals surface area (Å²) in [6.07, 6.45) is 16.2. The standard InChI is InChI=1S/C27H30N6O2.C23H25ClN4O2/c1-17-12-19(7-8-21(17)26(34)13-18-5-6-18)25-16-29-27-23(28-15-20-4-3-11-35-20)14-22(31-33(25)27)24-9-10-30-32(24)2;1-14-9-16(6-7-18(14)21(29)10-15-4-5-15)20-13-26-23-19(11-22(24)27-28(20)23)25-12-17-3-2-8-30-17/h7-10,12,14,16,18,20,28H,3-6,11,13,15H2,1-2H3;6-7,9,11,13,15,17,25H,2-5,8,10,12H2,1H3/t20-;17-/m11/s1. The van der Waals surface area contributed by atoms with E-state index in [1.54, 1.807) is 23.0 Å². The third-order valence-electron chi connectivity index (χ3n) is 13.1. The number of fused-ring (bicyclic) bond motifs is 2. The number of hydrogen-bond donors (Lipinski definition) is 2. The fourth-order valence-corrected chi connectivity index (χ4v) is 9.21. The summed E-state index contributed by atoms with van der Waals surface area (Å²) in [5, 5.41) is 21.1. The Bertz CT molecular complexity index is 2880. The maximum atomic E-state index is 12.7. The molecule has 2 N–H and O–H groups in total. The van der Waals surface area contributed by atoms with Crippen molar-refractivity contribution < 1.29 is 19.1 Å². The molecule has 2 saturated heterocycles. The zero-order chi connectivity index (χ0) is 44.6. The largest absolute Gasteiger partial charge is 0.379 e. The molecule has 4 aliphatic rings. The van der Waals surface area contributed by atoms with E-state index in [0.29, 0.717) is 29.8 Å². The van der Waals surface area contributed by atoms with Crippen molar-refractivity contribution in [2.75, 3.05) is 36.9 Å². The molecule has 2 aliphatic heterocycles. The zero-order valence-electron chi connectivity index (χ0n) is 37.2. The molecule has 2 aliphatic carbocycles. The number of anilines is 2. The molecule has 336 valence electrons. The minimum atomic E-state index is 0.209. The monoisotopic (exact) mass is 894 g/mol. The highest BCUT2D eigenvalue weighted by Crippen LogP contribution is 2.36. The lowest BCUT2D eigenvalue weighted by Gasteiger charge is -2.14. The Morgan fingerprint density at radius 3 is 1.66 bits per heavy atom. The molecule has 0 unspecified atom stereocenters. The summed E-state index contributed by atoms with van der Waals surface area (Å²) in [7, 11) is 1.91. The van der Waals surface area contributed by atoms with Crippen molar-refractivity contribution in [3.63, 3.8) is 0 Å². The zero-order valence-corrected chi connectivity index (χ0v) is 38.0. The highest BCUT2D eigenvalue weighted by molar-refractivity contribution is 6.29. The molecule has 4 fully saturated rings. The number of imidazole rings is 2. The van der Waals surface area contributed by atoms with Gasteiger partial charge in [-0.3, -0.25) is 14.3 Å². The quantitative estimate of drug-likeness (QED) is 0.0946. The Hall–Kier alpha value is -5.96. The molecule has 2 saturated carbocycles. The average Bonchev–Trinajstić information content (AvgIpc) is 3.83. The molecule has 0 spiro atoms. The number of carbonyl (C=O) groups excluding carboxylic acids is 2. The Morgan fingerprint density at radius 1 is 0.677 bits per heavy atom. The van der Waals surface area contributed by atoms with Crippen LogP contribution in [0.1, 0.15) is 96.1 Å². The van der Waals surface area contributed by atoms with Gasteiger partial charge in [-0.2, -0.15) is 15.3 Å². The first-order valence-corrected chi connectivity index (χ1v) is 23.4. The van der Waals surface area contributed by atoms with Gasteiger partial charge in [0.05, 0.1) is 53.1 Å². The number of nitrogens with zero attached hydrogens (tertiary/aromatic N) is 8. The lowest BCUT2D eigenvalue weighted by atomic mass is 9.98. The third-order valence-corrected chi connectivity index (χ3v) is 13.2. The Balaban J connectivity index is 0.000000155. The molecule has 0 amide bonds. The molecule has 11 rings (SSSR count). The predicted octanol–water partition coefficient (Wildman–Crippen LogP) is 9.61. The molecular formula is C50H55ClN10O4. The van der Waals surface area contributed by atoms with Crippen molar-refractivity contribution in [3.05, 3.63) is 101 Å². The number of ether oxygens (including phenoxy) is 2. The van der Waals surface area contributed by atoms with E-state index < -0.39 is 0 Å². The Kier molecular flexibility index (Phi) is 12.2. The van der Waals surface area contributed by atoms with Gasteiger partial charge in [-0.15, -0.1) is 0 Å². The van der Waals surface area contributed by atoms with Gasteiger partial charge in [0.15, 0.2) is 28.0 Å². The van der Waals surface area contributed by atoms with Crippen LogP contribution < -0.4 is 10.6 Å². The maximum Gasteiger partial charge on any atom is 0.177 e. The van der Waals surface area contributed by atoms with Crippen LogP contribution in [0, 0.1) is 25.7 Å². The van der Waals surface area contributed by atoms with Crippen molar-refractivity contribution in [3.8, 4) is 33.9 Å². The minimum Gasteiger partial charge on any atom is -0.379 e. The second kappa shape index (κ2) is 18.5. The molecule has 0 bridgehead atoms. The summed E-state index contributed by atoms with van der Waals surface area (Å²) in [6, 6.07) is 17.8. The molecule has 7 heterocycles. The van der Waals surface area contributed by atoms with Crippen molar-refractivity contribution in [1.82, 2.24) is 39.0 Å². The molecular weight excluding hydrogens is 840 g/mol. The van der Waals surface area contributed by atoms with E-state index in [1.807, 2.05) is 78.8 Å². The predicted molar refractivity (Wildman–Crippen MR) is 252 cm³/mol.